The molecule has 1 aromatic carbocycles. The Labute approximate surface area is 116 Å². The van der Waals surface area contributed by atoms with Crippen LogP contribution in [0.4, 0.5) is 0 Å². The molecule has 0 saturated carbocycles. The SMILES string of the molecule is COc1ccc(-n2cc(Br)c(C(=O)O)n2)cc1Cl. The van der Waals surface area contributed by atoms with Crippen LogP contribution in [0.25, 0.3) is 5.69 Å². The van der Waals surface area contributed by atoms with E-state index in [0.29, 0.717) is 20.9 Å². The maximum atomic E-state index is 10.9. The van der Waals surface area contributed by atoms with Crippen LogP contribution in [0.5, 0.6) is 5.75 Å². The molecule has 1 N–H and O–H groups in total. The number of aromatic carboxylic acids is 1. The van der Waals surface area contributed by atoms with E-state index in [1.165, 1.54) is 11.8 Å². The minimum absolute atomic E-state index is 0.0538. The van der Waals surface area contributed by atoms with Crippen molar-refractivity contribution in [3.8, 4) is 11.4 Å². The van der Waals surface area contributed by atoms with Gasteiger partial charge in [-0.3, -0.25) is 0 Å². The summed E-state index contributed by atoms with van der Waals surface area (Å²) in [6.45, 7) is 0. The van der Waals surface area contributed by atoms with Gasteiger partial charge in [-0.15, -0.1) is 0 Å². The van der Waals surface area contributed by atoms with Gasteiger partial charge < -0.3 is 9.84 Å². The molecule has 18 heavy (non-hydrogen) atoms. The van der Waals surface area contributed by atoms with Gasteiger partial charge in [-0.2, -0.15) is 5.10 Å². The van der Waals surface area contributed by atoms with Gasteiger partial charge in [-0.1, -0.05) is 11.6 Å². The highest BCUT2D eigenvalue weighted by Gasteiger charge is 2.14. The van der Waals surface area contributed by atoms with E-state index in [1.807, 2.05) is 0 Å². The third-order valence-electron chi connectivity index (χ3n) is 2.27. The zero-order valence-electron chi connectivity index (χ0n) is 9.22. The number of rotatable bonds is 3. The second kappa shape index (κ2) is 4.99. The van der Waals surface area contributed by atoms with Gasteiger partial charge in [0.1, 0.15) is 5.75 Å². The van der Waals surface area contributed by atoms with E-state index >= 15 is 0 Å². The Morgan fingerprint density at radius 1 is 1.56 bits per heavy atom. The lowest BCUT2D eigenvalue weighted by atomic mass is 10.3. The summed E-state index contributed by atoms with van der Waals surface area (Å²) in [5, 5.41) is 13.3. The quantitative estimate of drug-likeness (QED) is 0.939. The predicted molar refractivity (Wildman–Crippen MR) is 69.8 cm³/mol. The first kappa shape index (κ1) is 12.9. The van der Waals surface area contributed by atoms with Crippen LogP contribution in [0, 0.1) is 0 Å². The molecule has 7 heteroatoms. The summed E-state index contributed by atoms with van der Waals surface area (Å²) < 4.78 is 6.87. The molecule has 0 radical (unpaired) electrons. The molecule has 1 aromatic heterocycles. The maximum Gasteiger partial charge on any atom is 0.357 e. The Kier molecular flexibility index (Phi) is 3.58. The monoisotopic (exact) mass is 330 g/mol. The van der Waals surface area contributed by atoms with Crippen LogP contribution in [0.2, 0.25) is 5.02 Å². The number of benzene rings is 1. The second-order valence-electron chi connectivity index (χ2n) is 3.39. The van der Waals surface area contributed by atoms with E-state index < -0.39 is 5.97 Å². The number of aromatic nitrogens is 2. The number of hydrogen-bond donors (Lipinski definition) is 1. The first-order chi connectivity index (χ1) is 8.52. The number of methoxy groups -OCH3 is 1. The molecule has 0 aliphatic heterocycles. The van der Waals surface area contributed by atoms with Gasteiger partial charge in [-0.05, 0) is 34.1 Å². The standard InChI is InChI=1S/C11H8BrClN2O3/c1-18-9-3-2-6(4-8(9)13)15-5-7(12)10(14-15)11(16)17/h2-5H,1H3,(H,16,17). The number of hydrogen-bond acceptors (Lipinski definition) is 3. The molecule has 0 aliphatic rings. The van der Waals surface area contributed by atoms with Gasteiger partial charge in [0.2, 0.25) is 0 Å². The van der Waals surface area contributed by atoms with Crippen molar-refractivity contribution < 1.29 is 14.6 Å². The summed E-state index contributed by atoms with van der Waals surface area (Å²) in [6.07, 6.45) is 1.56. The summed E-state index contributed by atoms with van der Waals surface area (Å²) in [5.74, 6) is -0.551. The minimum atomic E-state index is -1.10. The van der Waals surface area contributed by atoms with Crippen LogP contribution < -0.4 is 4.74 Å². The van der Waals surface area contributed by atoms with E-state index in [0.717, 1.165) is 0 Å². The van der Waals surface area contributed by atoms with Gasteiger partial charge >= 0.3 is 5.97 Å². The molecular weight excluding hydrogens is 323 g/mol. The van der Waals surface area contributed by atoms with Gasteiger partial charge in [0.15, 0.2) is 5.69 Å². The predicted octanol–water partition coefficient (Wildman–Crippen LogP) is 3.00. The van der Waals surface area contributed by atoms with Crippen LogP contribution in [0.15, 0.2) is 28.9 Å². The van der Waals surface area contributed by atoms with Crippen LogP contribution in [0.3, 0.4) is 0 Å². The van der Waals surface area contributed by atoms with Crippen molar-refractivity contribution in [3.05, 3.63) is 39.6 Å². The topological polar surface area (TPSA) is 64.3 Å². The van der Waals surface area contributed by atoms with Crippen LogP contribution in [-0.4, -0.2) is 28.0 Å². The molecular formula is C11H8BrClN2O3. The first-order valence-electron chi connectivity index (χ1n) is 4.85. The molecule has 0 bridgehead atoms. The molecule has 0 spiro atoms. The molecule has 0 unspecified atom stereocenters. The fourth-order valence-electron chi connectivity index (χ4n) is 1.43. The number of carboxylic acid groups (broad SMARTS) is 1. The van der Waals surface area contributed by atoms with E-state index in [-0.39, 0.29) is 5.69 Å². The third-order valence-corrected chi connectivity index (χ3v) is 3.15. The summed E-state index contributed by atoms with van der Waals surface area (Å²) in [6, 6.07) is 5.06. The molecule has 0 amide bonds. The van der Waals surface area contributed by atoms with Crippen molar-refractivity contribution in [2.75, 3.05) is 7.11 Å². The van der Waals surface area contributed by atoms with Crippen molar-refractivity contribution >= 4 is 33.5 Å². The van der Waals surface area contributed by atoms with Crippen molar-refractivity contribution in [2.45, 2.75) is 0 Å². The van der Waals surface area contributed by atoms with E-state index in [2.05, 4.69) is 21.0 Å². The number of carboxylic acids is 1. The average Bonchev–Trinajstić information content (AvgIpc) is 2.71. The summed E-state index contributed by atoms with van der Waals surface area (Å²) in [5.41, 5.74) is 0.593. The lowest BCUT2D eigenvalue weighted by Crippen LogP contribution is -2.01. The van der Waals surface area contributed by atoms with Crippen molar-refractivity contribution in [2.24, 2.45) is 0 Å². The third kappa shape index (κ3) is 2.34. The van der Waals surface area contributed by atoms with Gasteiger partial charge in [0.05, 0.1) is 22.3 Å². The van der Waals surface area contributed by atoms with Gasteiger partial charge in [-0.25, -0.2) is 9.48 Å². The van der Waals surface area contributed by atoms with Crippen LogP contribution in [-0.2, 0) is 0 Å². The normalized spacial score (nSPS) is 10.4. The molecule has 0 fully saturated rings. The van der Waals surface area contributed by atoms with Crippen LogP contribution in [0.1, 0.15) is 10.5 Å². The molecule has 0 saturated heterocycles. The smallest absolute Gasteiger partial charge is 0.357 e. The van der Waals surface area contributed by atoms with Gasteiger partial charge in [0, 0.05) is 6.20 Å². The molecule has 0 aliphatic carbocycles. The Hall–Kier alpha value is -1.53. The van der Waals surface area contributed by atoms with Gasteiger partial charge in [0.25, 0.3) is 0 Å². The molecule has 5 nitrogen and oxygen atoms in total. The van der Waals surface area contributed by atoms with Crippen molar-refractivity contribution in [1.29, 1.82) is 0 Å². The second-order valence-corrected chi connectivity index (χ2v) is 4.66. The van der Waals surface area contributed by atoms with Crippen LogP contribution >= 0.6 is 27.5 Å². The van der Waals surface area contributed by atoms with E-state index in [1.54, 1.807) is 24.4 Å². The maximum absolute atomic E-state index is 10.9. The highest BCUT2D eigenvalue weighted by Crippen LogP contribution is 2.27. The number of nitrogens with zero attached hydrogens (tertiary/aromatic N) is 2. The Balaban J connectivity index is 2.46. The fraction of sp³-hybridized carbons (Fsp3) is 0.0909. The van der Waals surface area contributed by atoms with Crippen molar-refractivity contribution in [3.63, 3.8) is 0 Å². The fourth-order valence-corrected chi connectivity index (χ4v) is 2.12. The number of carbonyl (C=O) groups is 1. The Morgan fingerprint density at radius 3 is 2.78 bits per heavy atom. The lowest BCUT2D eigenvalue weighted by molar-refractivity contribution is 0.0689. The Bertz CT molecular complexity index is 612. The number of ether oxygens (including phenoxy) is 1. The highest BCUT2D eigenvalue weighted by molar-refractivity contribution is 9.10. The summed E-state index contributed by atoms with van der Waals surface area (Å²) in [7, 11) is 1.52. The first-order valence-corrected chi connectivity index (χ1v) is 6.02. The van der Waals surface area contributed by atoms with Crippen molar-refractivity contribution in [1.82, 2.24) is 9.78 Å². The zero-order chi connectivity index (χ0) is 13.3. The highest BCUT2D eigenvalue weighted by atomic mass is 79.9. The molecule has 94 valence electrons. The van der Waals surface area contributed by atoms with E-state index in [9.17, 15) is 4.79 Å². The lowest BCUT2D eigenvalue weighted by Gasteiger charge is -2.05. The zero-order valence-corrected chi connectivity index (χ0v) is 11.6. The Morgan fingerprint density at radius 2 is 2.28 bits per heavy atom. The summed E-state index contributed by atoms with van der Waals surface area (Å²) >= 11 is 9.13. The number of halogens is 2. The average molecular weight is 332 g/mol. The molecule has 0 atom stereocenters. The molecule has 2 aromatic rings. The minimum Gasteiger partial charge on any atom is -0.495 e. The molecule has 2 rings (SSSR count). The molecule has 1 heterocycles. The van der Waals surface area contributed by atoms with E-state index in [4.69, 9.17) is 21.4 Å². The summed E-state index contributed by atoms with van der Waals surface area (Å²) in [4.78, 5) is 10.9. The largest absolute Gasteiger partial charge is 0.495 e.